The number of amides is 2. The molecular formula is C17H21N5O2. The van der Waals surface area contributed by atoms with Crippen LogP contribution >= 0.6 is 0 Å². The van der Waals surface area contributed by atoms with E-state index in [4.69, 9.17) is 4.74 Å². The molecule has 1 saturated carbocycles. The van der Waals surface area contributed by atoms with Crippen LogP contribution < -0.4 is 5.32 Å². The van der Waals surface area contributed by atoms with Crippen molar-refractivity contribution in [1.82, 2.24) is 19.7 Å². The number of pyridine rings is 1. The Kier molecular flexibility index (Phi) is 3.72. The summed E-state index contributed by atoms with van der Waals surface area (Å²) < 4.78 is 7.52. The number of rotatable bonds is 2. The second kappa shape index (κ2) is 5.90. The van der Waals surface area contributed by atoms with E-state index in [0.717, 1.165) is 18.4 Å². The van der Waals surface area contributed by atoms with E-state index in [1.807, 2.05) is 24.0 Å². The summed E-state index contributed by atoms with van der Waals surface area (Å²) in [6, 6.07) is 5.53. The van der Waals surface area contributed by atoms with Crippen LogP contribution in [0.5, 0.6) is 0 Å². The molecule has 2 fully saturated rings. The minimum absolute atomic E-state index is 0.103. The molecule has 7 heteroatoms. The third-order valence-electron chi connectivity index (χ3n) is 4.80. The fourth-order valence-electron chi connectivity index (χ4n) is 3.30. The molecule has 3 heterocycles. The number of anilines is 1. The summed E-state index contributed by atoms with van der Waals surface area (Å²) in [4.78, 5) is 18.8. The van der Waals surface area contributed by atoms with Crippen molar-refractivity contribution < 1.29 is 9.53 Å². The van der Waals surface area contributed by atoms with E-state index in [-0.39, 0.29) is 11.6 Å². The van der Waals surface area contributed by atoms with Crippen molar-refractivity contribution in [3.05, 3.63) is 36.2 Å². The molecule has 7 nitrogen and oxygen atoms in total. The number of aromatic nitrogens is 3. The lowest BCUT2D eigenvalue weighted by Crippen LogP contribution is -2.57. The zero-order valence-electron chi connectivity index (χ0n) is 13.7. The summed E-state index contributed by atoms with van der Waals surface area (Å²) in [6.07, 6.45) is 6.66. The van der Waals surface area contributed by atoms with Crippen LogP contribution in [-0.2, 0) is 4.74 Å². The van der Waals surface area contributed by atoms with E-state index in [9.17, 15) is 4.79 Å². The number of ether oxygens (including phenoxy) is 1. The lowest BCUT2D eigenvalue weighted by atomic mass is 9.79. The first-order valence-electron chi connectivity index (χ1n) is 8.32. The molecular weight excluding hydrogens is 306 g/mol. The lowest BCUT2D eigenvalue weighted by Gasteiger charge is -2.48. The summed E-state index contributed by atoms with van der Waals surface area (Å²) in [5.41, 5.74) is 0.987. The molecule has 2 aliphatic rings. The van der Waals surface area contributed by atoms with Gasteiger partial charge in [0.15, 0.2) is 5.82 Å². The Hall–Kier alpha value is -2.41. The fraction of sp³-hybridized carbons (Fsp3) is 0.471. The van der Waals surface area contributed by atoms with Gasteiger partial charge in [0, 0.05) is 18.8 Å². The highest BCUT2D eigenvalue weighted by molar-refractivity contribution is 5.88. The minimum Gasteiger partial charge on any atom is -0.371 e. The summed E-state index contributed by atoms with van der Waals surface area (Å²) in [5, 5.41) is 7.23. The van der Waals surface area contributed by atoms with Crippen molar-refractivity contribution >= 4 is 11.8 Å². The van der Waals surface area contributed by atoms with Gasteiger partial charge >= 0.3 is 6.03 Å². The standard InChI is InChI=1S/C17H21N5O2/c1-13-3-7-18-15(11-13)22-14(4-8-19-22)20-16(23)21-9-10-24-17(12-21)5-2-6-17/h3-4,7-8,11H,2,5-6,9-10,12H2,1H3,(H,20,23). The second-order valence-corrected chi connectivity index (χ2v) is 6.56. The van der Waals surface area contributed by atoms with Gasteiger partial charge in [0.25, 0.3) is 0 Å². The predicted octanol–water partition coefficient (Wildman–Crippen LogP) is 2.36. The van der Waals surface area contributed by atoms with Crippen molar-refractivity contribution in [2.45, 2.75) is 31.8 Å². The SMILES string of the molecule is Cc1ccnc(-n2nccc2NC(=O)N2CCOC3(CCC3)C2)c1. The number of carbonyl (C=O) groups is 1. The van der Waals surface area contributed by atoms with Gasteiger partial charge in [0.05, 0.1) is 24.9 Å². The zero-order valence-corrected chi connectivity index (χ0v) is 13.7. The Morgan fingerprint density at radius 3 is 2.96 bits per heavy atom. The Bertz CT molecular complexity index is 753. The van der Waals surface area contributed by atoms with Gasteiger partial charge in [-0.3, -0.25) is 5.32 Å². The third kappa shape index (κ3) is 2.75. The first-order chi connectivity index (χ1) is 11.7. The minimum atomic E-state index is -0.112. The van der Waals surface area contributed by atoms with Crippen molar-refractivity contribution in [2.75, 3.05) is 25.0 Å². The number of morpholine rings is 1. The van der Waals surface area contributed by atoms with Crippen LogP contribution in [0.3, 0.4) is 0 Å². The van der Waals surface area contributed by atoms with Gasteiger partial charge in [0.1, 0.15) is 5.82 Å². The molecule has 1 spiro atoms. The topological polar surface area (TPSA) is 72.3 Å². The molecule has 0 unspecified atom stereocenters. The van der Waals surface area contributed by atoms with Crippen LogP contribution in [-0.4, -0.2) is 51.0 Å². The Morgan fingerprint density at radius 1 is 1.33 bits per heavy atom. The number of hydrogen-bond donors (Lipinski definition) is 1. The Balaban J connectivity index is 1.49. The molecule has 1 N–H and O–H groups in total. The van der Waals surface area contributed by atoms with E-state index in [0.29, 0.717) is 31.3 Å². The van der Waals surface area contributed by atoms with Crippen molar-refractivity contribution in [3.8, 4) is 5.82 Å². The molecule has 24 heavy (non-hydrogen) atoms. The third-order valence-corrected chi connectivity index (χ3v) is 4.80. The van der Waals surface area contributed by atoms with E-state index in [1.165, 1.54) is 6.42 Å². The summed E-state index contributed by atoms with van der Waals surface area (Å²) >= 11 is 0. The second-order valence-electron chi connectivity index (χ2n) is 6.56. The smallest absolute Gasteiger partial charge is 0.323 e. The fourth-order valence-corrected chi connectivity index (χ4v) is 3.30. The molecule has 0 radical (unpaired) electrons. The van der Waals surface area contributed by atoms with E-state index in [2.05, 4.69) is 15.4 Å². The Morgan fingerprint density at radius 2 is 2.21 bits per heavy atom. The number of nitrogens with one attached hydrogen (secondary N) is 1. The molecule has 2 aromatic heterocycles. The van der Waals surface area contributed by atoms with E-state index >= 15 is 0 Å². The average molecular weight is 327 g/mol. The molecule has 0 bridgehead atoms. The molecule has 0 aromatic carbocycles. The first kappa shape index (κ1) is 15.1. The average Bonchev–Trinajstić information content (AvgIpc) is 3.01. The molecule has 4 rings (SSSR count). The van der Waals surface area contributed by atoms with Crippen molar-refractivity contribution in [3.63, 3.8) is 0 Å². The summed E-state index contributed by atoms with van der Waals surface area (Å²) in [5.74, 6) is 1.31. The van der Waals surface area contributed by atoms with Gasteiger partial charge in [-0.15, -0.1) is 0 Å². The predicted molar refractivity (Wildman–Crippen MR) is 89.2 cm³/mol. The summed E-state index contributed by atoms with van der Waals surface area (Å²) in [7, 11) is 0. The highest BCUT2D eigenvalue weighted by Crippen LogP contribution is 2.38. The van der Waals surface area contributed by atoms with E-state index in [1.54, 1.807) is 23.1 Å². The van der Waals surface area contributed by atoms with Gasteiger partial charge in [-0.05, 0) is 43.9 Å². The molecule has 2 amide bonds. The molecule has 126 valence electrons. The van der Waals surface area contributed by atoms with Gasteiger partial charge in [-0.2, -0.15) is 9.78 Å². The largest absolute Gasteiger partial charge is 0.371 e. The molecule has 2 aromatic rings. The molecule has 1 aliphatic carbocycles. The number of carbonyl (C=O) groups excluding carboxylic acids is 1. The van der Waals surface area contributed by atoms with Crippen LogP contribution in [0, 0.1) is 6.92 Å². The van der Waals surface area contributed by atoms with Crippen LogP contribution in [0.15, 0.2) is 30.6 Å². The first-order valence-corrected chi connectivity index (χ1v) is 8.32. The van der Waals surface area contributed by atoms with E-state index < -0.39 is 0 Å². The quantitative estimate of drug-likeness (QED) is 0.919. The van der Waals surface area contributed by atoms with Crippen molar-refractivity contribution in [2.24, 2.45) is 0 Å². The maximum atomic E-state index is 12.6. The molecule has 1 aliphatic heterocycles. The van der Waals surface area contributed by atoms with Gasteiger partial charge in [-0.25, -0.2) is 9.78 Å². The monoisotopic (exact) mass is 327 g/mol. The Labute approximate surface area is 140 Å². The zero-order chi connectivity index (χ0) is 16.6. The maximum Gasteiger partial charge on any atom is 0.323 e. The molecule has 1 saturated heterocycles. The van der Waals surface area contributed by atoms with Crippen LogP contribution in [0.1, 0.15) is 24.8 Å². The number of aryl methyl sites for hydroxylation is 1. The van der Waals surface area contributed by atoms with Crippen LogP contribution in [0.4, 0.5) is 10.6 Å². The van der Waals surface area contributed by atoms with Crippen LogP contribution in [0.25, 0.3) is 5.82 Å². The van der Waals surface area contributed by atoms with Crippen LogP contribution in [0.2, 0.25) is 0 Å². The van der Waals surface area contributed by atoms with Crippen molar-refractivity contribution in [1.29, 1.82) is 0 Å². The highest BCUT2D eigenvalue weighted by atomic mass is 16.5. The van der Waals surface area contributed by atoms with Gasteiger partial charge in [-0.1, -0.05) is 0 Å². The lowest BCUT2D eigenvalue weighted by molar-refractivity contribution is -0.140. The molecule has 0 atom stereocenters. The number of urea groups is 1. The van der Waals surface area contributed by atoms with Gasteiger partial charge < -0.3 is 9.64 Å². The number of nitrogens with zero attached hydrogens (tertiary/aromatic N) is 4. The summed E-state index contributed by atoms with van der Waals surface area (Å²) in [6.45, 7) is 3.88. The van der Waals surface area contributed by atoms with Gasteiger partial charge in [0.2, 0.25) is 0 Å². The highest BCUT2D eigenvalue weighted by Gasteiger charge is 2.43. The maximum absolute atomic E-state index is 12.6. The number of hydrogen-bond acceptors (Lipinski definition) is 4. The normalized spacial score (nSPS) is 19.1.